The van der Waals surface area contributed by atoms with Gasteiger partial charge in [0.05, 0.1) is 18.2 Å². The van der Waals surface area contributed by atoms with E-state index in [4.69, 9.17) is 5.73 Å². The summed E-state index contributed by atoms with van der Waals surface area (Å²) in [6, 6.07) is 5.93. The Morgan fingerprint density at radius 2 is 1.89 bits per heavy atom. The Hall–Kier alpha value is -1.59. The van der Waals surface area contributed by atoms with Crippen LogP contribution in [0.3, 0.4) is 0 Å². The van der Waals surface area contributed by atoms with Crippen molar-refractivity contribution in [3.05, 3.63) is 29.8 Å². The molecule has 0 aliphatic rings. The summed E-state index contributed by atoms with van der Waals surface area (Å²) in [6.07, 6.45) is 0.394. The van der Waals surface area contributed by atoms with Crippen LogP contribution in [0, 0.1) is 0 Å². The second-order valence-corrected chi connectivity index (χ2v) is 5.34. The maximum atomic E-state index is 12.2. The van der Waals surface area contributed by atoms with Gasteiger partial charge in [0.2, 0.25) is 5.91 Å². The van der Waals surface area contributed by atoms with Crippen molar-refractivity contribution in [3.63, 3.8) is 0 Å². The predicted octanol–water partition coefficient (Wildman–Crippen LogP) is 0.491. The summed E-state index contributed by atoms with van der Waals surface area (Å²) in [7, 11) is 1.63. The number of hydrogen-bond acceptors (Lipinski definition) is 4. The van der Waals surface area contributed by atoms with Crippen LogP contribution in [0.5, 0.6) is 5.75 Å². The van der Waals surface area contributed by atoms with Gasteiger partial charge < -0.3 is 20.8 Å². The average Bonchev–Trinajstić information content (AvgIpc) is 2.39. The number of carbonyl (C=O) groups is 1. The Balaban J connectivity index is 2.70. The molecule has 19 heavy (non-hydrogen) atoms. The number of likely N-dealkylation sites (N-methyl/N-ethyl adjacent to an activating group) is 1. The molecule has 1 aromatic carbocycles. The van der Waals surface area contributed by atoms with Gasteiger partial charge >= 0.3 is 0 Å². The van der Waals surface area contributed by atoms with Gasteiger partial charge in [-0.3, -0.25) is 4.79 Å². The first-order valence-corrected chi connectivity index (χ1v) is 6.20. The van der Waals surface area contributed by atoms with Crippen molar-refractivity contribution in [2.24, 2.45) is 5.73 Å². The van der Waals surface area contributed by atoms with E-state index in [9.17, 15) is 15.0 Å². The molecule has 0 radical (unpaired) electrons. The third kappa shape index (κ3) is 3.94. The molecule has 0 bridgehead atoms. The Morgan fingerprint density at radius 3 is 2.37 bits per heavy atom. The average molecular weight is 266 g/mol. The lowest BCUT2D eigenvalue weighted by Crippen LogP contribution is -2.53. The SMILES string of the molecule is CN(C(=O)[C@H](N)Cc1ccc(O)cc1)C(C)(C)CO. The van der Waals surface area contributed by atoms with Crippen LogP contribution >= 0.6 is 0 Å². The van der Waals surface area contributed by atoms with E-state index < -0.39 is 11.6 Å². The number of nitrogens with zero attached hydrogens (tertiary/aromatic N) is 1. The molecule has 0 aliphatic heterocycles. The molecule has 0 aliphatic carbocycles. The highest BCUT2D eigenvalue weighted by atomic mass is 16.3. The van der Waals surface area contributed by atoms with E-state index in [2.05, 4.69) is 0 Å². The fourth-order valence-corrected chi connectivity index (χ4v) is 1.63. The maximum absolute atomic E-state index is 12.2. The van der Waals surface area contributed by atoms with Crippen LogP contribution in [-0.2, 0) is 11.2 Å². The molecular formula is C14H22N2O3. The Labute approximate surface area is 113 Å². The summed E-state index contributed by atoms with van der Waals surface area (Å²) in [6.45, 7) is 3.43. The van der Waals surface area contributed by atoms with E-state index in [0.29, 0.717) is 6.42 Å². The summed E-state index contributed by atoms with van der Waals surface area (Å²) in [4.78, 5) is 13.6. The van der Waals surface area contributed by atoms with Gasteiger partial charge in [-0.25, -0.2) is 0 Å². The normalized spacial score (nSPS) is 13.1. The molecule has 5 heteroatoms. The van der Waals surface area contributed by atoms with Crippen LogP contribution in [0.2, 0.25) is 0 Å². The van der Waals surface area contributed by atoms with Gasteiger partial charge in [-0.2, -0.15) is 0 Å². The van der Waals surface area contributed by atoms with Gasteiger partial charge in [0.1, 0.15) is 5.75 Å². The molecule has 5 nitrogen and oxygen atoms in total. The molecule has 0 saturated heterocycles. The fraction of sp³-hybridized carbons (Fsp3) is 0.500. The summed E-state index contributed by atoms with van der Waals surface area (Å²) < 4.78 is 0. The number of aliphatic hydroxyl groups excluding tert-OH is 1. The number of phenols is 1. The highest BCUT2D eigenvalue weighted by molar-refractivity contribution is 5.82. The number of aliphatic hydroxyl groups is 1. The molecule has 106 valence electrons. The molecule has 0 unspecified atom stereocenters. The first kappa shape index (κ1) is 15.5. The lowest BCUT2D eigenvalue weighted by atomic mass is 10.0. The largest absolute Gasteiger partial charge is 0.508 e. The standard InChI is InChI=1S/C14H22N2O3/c1-14(2,9-17)16(3)13(19)12(15)8-10-4-6-11(18)7-5-10/h4-7,12,17-18H,8-9,15H2,1-3H3/t12-/m1/s1. The number of amides is 1. The zero-order valence-electron chi connectivity index (χ0n) is 11.6. The van der Waals surface area contributed by atoms with Crippen molar-refractivity contribution in [3.8, 4) is 5.75 Å². The zero-order chi connectivity index (χ0) is 14.6. The topological polar surface area (TPSA) is 86.8 Å². The van der Waals surface area contributed by atoms with E-state index in [-0.39, 0.29) is 18.3 Å². The van der Waals surface area contributed by atoms with Crippen LogP contribution in [0.15, 0.2) is 24.3 Å². The van der Waals surface area contributed by atoms with Gasteiger partial charge in [-0.15, -0.1) is 0 Å². The van der Waals surface area contributed by atoms with E-state index in [1.54, 1.807) is 45.2 Å². The number of carbonyl (C=O) groups excluding carboxylic acids is 1. The summed E-state index contributed by atoms with van der Waals surface area (Å²) in [5.74, 6) is -0.0331. The minimum absolute atomic E-state index is 0.124. The lowest BCUT2D eigenvalue weighted by Gasteiger charge is -2.35. The molecule has 4 N–H and O–H groups in total. The van der Waals surface area contributed by atoms with E-state index >= 15 is 0 Å². The van der Waals surface area contributed by atoms with Crippen molar-refractivity contribution in [2.75, 3.05) is 13.7 Å². The second-order valence-electron chi connectivity index (χ2n) is 5.34. The van der Waals surface area contributed by atoms with Crippen molar-refractivity contribution < 1.29 is 15.0 Å². The third-order valence-corrected chi connectivity index (χ3v) is 3.33. The first-order chi connectivity index (χ1) is 8.77. The van der Waals surface area contributed by atoms with Gasteiger partial charge in [0.25, 0.3) is 0 Å². The number of benzene rings is 1. The van der Waals surface area contributed by atoms with Gasteiger partial charge in [0.15, 0.2) is 0 Å². The molecule has 1 aromatic rings. The van der Waals surface area contributed by atoms with E-state index in [1.807, 2.05) is 0 Å². The Bertz CT molecular complexity index is 429. The molecule has 0 spiro atoms. The van der Waals surface area contributed by atoms with Crippen LogP contribution in [-0.4, -0.2) is 46.3 Å². The van der Waals surface area contributed by atoms with Crippen molar-refractivity contribution >= 4 is 5.91 Å². The Morgan fingerprint density at radius 1 is 1.37 bits per heavy atom. The fourth-order valence-electron chi connectivity index (χ4n) is 1.63. The van der Waals surface area contributed by atoms with E-state index in [1.165, 1.54) is 4.90 Å². The first-order valence-electron chi connectivity index (χ1n) is 6.20. The number of nitrogens with two attached hydrogens (primary N) is 1. The van der Waals surface area contributed by atoms with Crippen LogP contribution in [0.4, 0.5) is 0 Å². The van der Waals surface area contributed by atoms with Crippen LogP contribution < -0.4 is 5.73 Å². The second kappa shape index (κ2) is 6.04. The van der Waals surface area contributed by atoms with Crippen molar-refractivity contribution in [2.45, 2.75) is 31.8 Å². The highest BCUT2D eigenvalue weighted by Gasteiger charge is 2.29. The third-order valence-electron chi connectivity index (χ3n) is 3.33. The van der Waals surface area contributed by atoms with Crippen molar-refractivity contribution in [1.29, 1.82) is 0 Å². The molecule has 1 rings (SSSR count). The molecule has 1 amide bonds. The van der Waals surface area contributed by atoms with Crippen molar-refractivity contribution in [1.82, 2.24) is 4.90 Å². The van der Waals surface area contributed by atoms with Gasteiger partial charge in [-0.05, 0) is 38.0 Å². The summed E-state index contributed by atoms with van der Waals surface area (Å²) in [5, 5.41) is 18.4. The molecule has 0 saturated carbocycles. The maximum Gasteiger partial charge on any atom is 0.240 e. The molecule has 1 atom stereocenters. The van der Waals surface area contributed by atoms with Gasteiger partial charge in [-0.1, -0.05) is 12.1 Å². The molecule has 0 aromatic heterocycles. The van der Waals surface area contributed by atoms with E-state index in [0.717, 1.165) is 5.56 Å². The van der Waals surface area contributed by atoms with Crippen LogP contribution in [0.25, 0.3) is 0 Å². The zero-order valence-corrected chi connectivity index (χ0v) is 11.6. The summed E-state index contributed by atoms with van der Waals surface area (Å²) in [5.41, 5.74) is 6.15. The minimum atomic E-state index is -0.666. The number of phenolic OH excluding ortho intramolecular Hbond substituents is 1. The molecule has 0 heterocycles. The highest BCUT2D eigenvalue weighted by Crippen LogP contribution is 2.15. The number of aromatic hydroxyl groups is 1. The van der Waals surface area contributed by atoms with Crippen LogP contribution in [0.1, 0.15) is 19.4 Å². The smallest absolute Gasteiger partial charge is 0.240 e. The Kier molecular flexibility index (Phi) is 4.91. The number of hydrogen-bond donors (Lipinski definition) is 3. The minimum Gasteiger partial charge on any atom is -0.508 e. The quantitative estimate of drug-likeness (QED) is 0.724. The van der Waals surface area contributed by atoms with Gasteiger partial charge in [0, 0.05) is 7.05 Å². The lowest BCUT2D eigenvalue weighted by molar-refractivity contribution is -0.137. The monoisotopic (exact) mass is 266 g/mol. The summed E-state index contributed by atoms with van der Waals surface area (Å²) >= 11 is 0. The predicted molar refractivity (Wildman–Crippen MR) is 73.7 cm³/mol. The molecule has 0 fully saturated rings. The number of rotatable bonds is 5. The molecular weight excluding hydrogens is 244 g/mol.